The third-order valence-electron chi connectivity index (χ3n) is 6.57. The van der Waals surface area contributed by atoms with E-state index in [1.54, 1.807) is 23.1 Å². The Kier molecular flexibility index (Phi) is 6.30. The molecule has 2 aromatic heterocycles. The maximum atomic E-state index is 11.4. The lowest BCUT2D eigenvalue weighted by atomic mass is 9.78. The van der Waals surface area contributed by atoms with E-state index >= 15 is 0 Å². The minimum absolute atomic E-state index is 0.0974. The van der Waals surface area contributed by atoms with Gasteiger partial charge in [0, 0.05) is 54.7 Å². The van der Waals surface area contributed by atoms with Gasteiger partial charge in [0.05, 0.1) is 29.4 Å². The molecule has 10 heteroatoms. The van der Waals surface area contributed by atoms with Crippen LogP contribution in [0.1, 0.15) is 42.7 Å². The minimum Gasteiger partial charge on any atom is -0.371 e. The van der Waals surface area contributed by atoms with Gasteiger partial charge in [-0.25, -0.2) is 8.42 Å². The molecule has 1 fully saturated rings. The van der Waals surface area contributed by atoms with Gasteiger partial charge in [0.2, 0.25) is 0 Å². The Bertz CT molecular complexity index is 1050. The first kappa shape index (κ1) is 23.2. The quantitative estimate of drug-likeness (QED) is 0.621. The van der Waals surface area contributed by atoms with Gasteiger partial charge in [-0.1, -0.05) is 11.6 Å². The normalized spacial score (nSPS) is 29.4. The monoisotopic (exact) mass is 487 g/mol. The Morgan fingerprint density at radius 1 is 1.45 bits per heavy atom. The number of methoxy groups -OCH3 is 1. The molecule has 31 heavy (non-hydrogen) atoms. The van der Waals surface area contributed by atoms with Crippen LogP contribution in [0, 0.1) is 0 Å². The Morgan fingerprint density at radius 3 is 2.90 bits per heavy atom. The molecule has 0 aromatic carbocycles. The summed E-state index contributed by atoms with van der Waals surface area (Å²) in [5, 5.41) is 4.32. The van der Waals surface area contributed by atoms with Crippen LogP contribution in [0.15, 0.2) is 18.5 Å². The summed E-state index contributed by atoms with van der Waals surface area (Å²) in [7, 11) is -1.28. The lowest BCUT2D eigenvalue weighted by Gasteiger charge is -2.50. The van der Waals surface area contributed by atoms with E-state index in [1.165, 1.54) is 11.1 Å². The average molecular weight is 488 g/mol. The lowest BCUT2D eigenvalue weighted by molar-refractivity contribution is -0.176. The van der Waals surface area contributed by atoms with Crippen molar-refractivity contribution in [3.8, 4) is 0 Å². The highest BCUT2D eigenvalue weighted by atomic mass is 35.5. The third kappa shape index (κ3) is 4.72. The van der Waals surface area contributed by atoms with Gasteiger partial charge in [-0.2, -0.15) is 5.10 Å². The van der Waals surface area contributed by atoms with E-state index in [2.05, 4.69) is 23.8 Å². The predicted octanol–water partition coefficient (Wildman–Crippen LogP) is 3.41. The average Bonchev–Trinajstić information content (AvgIpc) is 3.32. The Hall–Kier alpha value is -0.970. The number of rotatable bonds is 6. The number of aromatic nitrogens is 2. The largest absolute Gasteiger partial charge is 0.371 e. The molecule has 1 spiro atoms. The number of fused-ring (bicyclic) bond motifs is 2. The SMILES string of the molecule is CO[C@@]1(C)CO[C@@]2(CCN(Cc3cnn(CCS(C)(=O)=O)c3)[C@@H](C)C2)c2sc(Cl)cc21. The number of piperidine rings is 1. The van der Waals surface area contributed by atoms with E-state index in [0.29, 0.717) is 19.2 Å². The highest BCUT2D eigenvalue weighted by Crippen LogP contribution is 2.52. The van der Waals surface area contributed by atoms with Gasteiger partial charge in [0.15, 0.2) is 0 Å². The molecule has 0 N–H and O–H groups in total. The van der Waals surface area contributed by atoms with Crippen LogP contribution in [-0.4, -0.2) is 61.4 Å². The second kappa shape index (κ2) is 8.43. The van der Waals surface area contributed by atoms with Crippen LogP contribution >= 0.6 is 22.9 Å². The van der Waals surface area contributed by atoms with E-state index in [4.69, 9.17) is 21.1 Å². The summed E-state index contributed by atoms with van der Waals surface area (Å²) in [5.41, 5.74) is 1.46. The van der Waals surface area contributed by atoms with Crippen LogP contribution in [-0.2, 0) is 43.6 Å². The molecule has 3 atom stereocenters. The molecule has 0 aliphatic carbocycles. The van der Waals surface area contributed by atoms with E-state index < -0.39 is 15.4 Å². The number of halogens is 1. The molecule has 4 heterocycles. The van der Waals surface area contributed by atoms with Gasteiger partial charge >= 0.3 is 0 Å². The van der Waals surface area contributed by atoms with E-state index in [1.807, 2.05) is 18.5 Å². The summed E-state index contributed by atoms with van der Waals surface area (Å²) in [6, 6.07) is 2.35. The van der Waals surface area contributed by atoms with Crippen molar-refractivity contribution in [2.24, 2.45) is 0 Å². The maximum absolute atomic E-state index is 11.4. The van der Waals surface area contributed by atoms with Gasteiger partial charge < -0.3 is 9.47 Å². The first-order valence-corrected chi connectivity index (χ1v) is 13.7. The van der Waals surface area contributed by atoms with Gasteiger partial charge in [-0.15, -0.1) is 11.3 Å². The molecule has 0 radical (unpaired) electrons. The summed E-state index contributed by atoms with van der Waals surface area (Å²) < 4.78 is 37.6. The van der Waals surface area contributed by atoms with Gasteiger partial charge in [-0.05, 0) is 32.8 Å². The first-order chi connectivity index (χ1) is 14.5. The van der Waals surface area contributed by atoms with Crippen molar-refractivity contribution < 1.29 is 17.9 Å². The molecule has 0 unspecified atom stereocenters. The van der Waals surface area contributed by atoms with Crippen molar-refractivity contribution in [2.75, 3.05) is 32.3 Å². The number of sulfone groups is 1. The fraction of sp³-hybridized carbons (Fsp3) is 0.667. The second-order valence-corrected chi connectivity index (χ2v) is 13.0. The fourth-order valence-electron chi connectivity index (χ4n) is 4.61. The van der Waals surface area contributed by atoms with Crippen molar-refractivity contribution in [2.45, 2.75) is 57.0 Å². The van der Waals surface area contributed by atoms with Crippen LogP contribution < -0.4 is 0 Å². The van der Waals surface area contributed by atoms with Crippen molar-refractivity contribution in [3.63, 3.8) is 0 Å². The topological polar surface area (TPSA) is 73.7 Å². The molecule has 0 saturated carbocycles. The van der Waals surface area contributed by atoms with Crippen molar-refractivity contribution in [3.05, 3.63) is 38.8 Å². The molecule has 2 aromatic rings. The smallest absolute Gasteiger partial charge is 0.149 e. The highest BCUT2D eigenvalue weighted by molar-refractivity contribution is 7.90. The number of nitrogens with zero attached hydrogens (tertiary/aromatic N) is 3. The number of ether oxygens (including phenoxy) is 2. The molecule has 172 valence electrons. The van der Waals surface area contributed by atoms with Gasteiger partial charge in [0.25, 0.3) is 0 Å². The third-order valence-corrected chi connectivity index (χ3v) is 8.95. The number of thiophene rings is 1. The van der Waals surface area contributed by atoms with Crippen molar-refractivity contribution >= 4 is 32.8 Å². The minimum atomic E-state index is -3.00. The molecule has 2 aliphatic heterocycles. The molecular formula is C21H30ClN3O4S2. The predicted molar refractivity (Wildman–Crippen MR) is 122 cm³/mol. The number of aryl methyl sites for hydroxylation is 1. The number of likely N-dealkylation sites (tertiary alicyclic amines) is 1. The first-order valence-electron chi connectivity index (χ1n) is 10.5. The zero-order chi connectivity index (χ0) is 22.4. The summed E-state index contributed by atoms with van der Waals surface area (Å²) >= 11 is 8.03. The number of hydrogen-bond donors (Lipinski definition) is 0. The summed E-state index contributed by atoms with van der Waals surface area (Å²) in [6.45, 7) is 6.87. The zero-order valence-electron chi connectivity index (χ0n) is 18.4. The van der Waals surface area contributed by atoms with Crippen molar-refractivity contribution in [1.82, 2.24) is 14.7 Å². The molecule has 1 saturated heterocycles. The molecular weight excluding hydrogens is 458 g/mol. The highest BCUT2D eigenvalue weighted by Gasteiger charge is 2.50. The number of hydrogen-bond acceptors (Lipinski definition) is 7. The van der Waals surface area contributed by atoms with Crippen LogP contribution in [0.25, 0.3) is 0 Å². The molecule has 0 bridgehead atoms. The van der Waals surface area contributed by atoms with Gasteiger partial charge in [-0.3, -0.25) is 9.58 Å². The second-order valence-electron chi connectivity index (χ2n) is 9.03. The van der Waals surface area contributed by atoms with E-state index in [0.717, 1.165) is 41.4 Å². The van der Waals surface area contributed by atoms with E-state index in [9.17, 15) is 8.42 Å². The van der Waals surface area contributed by atoms with Crippen molar-refractivity contribution in [1.29, 1.82) is 0 Å². The standard InChI is InChI=1S/C21H30ClN3O4S2/c1-15-10-21(19-17(9-18(22)30-19)20(2,28-3)14-29-21)5-6-24(15)12-16-11-23-25(13-16)7-8-31(4,26)27/h9,11,13,15H,5-8,10,12,14H2,1-4H3/t15-,20-,21+/m0/s1. The Morgan fingerprint density at radius 2 is 2.23 bits per heavy atom. The molecule has 4 rings (SSSR count). The Labute approximate surface area is 193 Å². The summed E-state index contributed by atoms with van der Waals surface area (Å²) in [5.74, 6) is 0.0974. The molecule has 7 nitrogen and oxygen atoms in total. The van der Waals surface area contributed by atoms with Gasteiger partial charge in [0.1, 0.15) is 21.0 Å². The van der Waals surface area contributed by atoms with E-state index in [-0.39, 0.29) is 11.4 Å². The van der Waals surface area contributed by atoms with Crippen LogP contribution in [0.3, 0.4) is 0 Å². The van der Waals surface area contributed by atoms with Crippen LogP contribution in [0.4, 0.5) is 0 Å². The summed E-state index contributed by atoms with van der Waals surface area (Å²) in [4.78, 5) is 3.64. The Balaban J connectivity index is 1.46. The molecule has 0 amide bonds. The lowest BCUT2D eigenvalue weighted by Crippen LogP contribution is -2.53. The summed E-state index contributed by atoms with van der Waals surface area (Å²) in [6.07, 6.45) is 6.80. The maximum Gasteiger partial charge on any atom is 0.149 e. The fourth-order valence-corrected chi connectivity index (χ4v) is 6.66. The van der Waals surface area contributed by atoms with Crippen LogP contribution in [0.2, 0.25) is 4.34 Å². The molecule has 2 aliphatic rings. The van der Waals surface area contributed by atoms with Crippen LogP contribution in [0.5, 0.6) is 0 Å². The zero-order valence-corrected chi connectivity index (χ0v) is 20.8.